The number of hydrogen-bond acceptors (Lipinski definition) is 4. The third-order valence-electron chi connectivity index (χ3n) is 6.88. The van der Waals surface area contributed by atoms with Crippen LogP contribution >= 0.6 is 0 Å². The highest BCUT2D eigenvalue weighted by atomic mass is 16.6. The Balaban J connectivity index is 1.20. The van der Waals surface area contributed by atoms with Crippen LogP contribution in [0.3, 0.4) is 0 Å². The Morgan fingerprint density at radius 2 is 1.65 bits per heavy atom. The number of fused-ring (bicyclic) bond motifs is 1. The van der Waals surface area contributed by atoms with E-state index in [0.717, 1.165) is 77.2 Å². The Morgan fingerprint density at radius 3 is 2.35 bits per heavy atom. The van der Waals surface area contributed by atoms with Gasteiger partial charge >= 0.3 is 6.09 Å². The molecule has 0 aliphatic carbocycles. The molecular formula is C29H40N2O3. The fourth-order valence-electron chi connectivity index (χ4n) is 4.91. The van der Waals surface area contributed by atoms with Gasteiger partial charge in [-0.05, 0) is 87.6 Å². The molecule has 2 heterocycles. The van der Waals surface area contributed by atoms with Crippen LogP contribution in [0.5, 0.6) is 5.75 Å². The van der Waals surface area contributed by atoms with E-state index in [0.29, 0.717) is 5.92 Å². The van der Waals surface area contributed by atoms with Gasteiger partial charge in [0.1, 0.15) is 11.4 Å². The summed E-state index contributed by atoms with van der Waals surface area (Å²) in [6.45, 7) is 11.2. The molecule has 2 aromatic rings. The quantitative estimate of drug-likeness (QED) is 0.550. The zero-order valence-electron chi connectivity index (χ0n) is 21.1. The first-order chi connectivity index (χ1) is 16.4. The van der Waals surface area contributed by atoms with Gasteiger partial charge in [0.2, 0.25) is 0 Å². The minimum atomic E-state index is -0.435. The lowest BCUT2D eigenvalue weighted by Gasteiger charge is -2.33. The fraction of sp³-hybridized carbons (Fsp3) is 0.552. The summed E-state index contributed by atoms with van der Waals surface area (Å²) in [5.41, 5.74) is 3.83. The van der Waals surface area contributed by atoms with Crippen LogP contribution in [0, 0.1) is 5.92 Å². The predicted octanol–water partition coefficient (Wildman–Crippen LogP) is 5.70. The van der Waals surface area contributed by atoms with Crippen molar-refractivity contribution >= 4 is 6.09 Å². The second kappa shape index (κ2) is 11.3. The molecule has 0 saturated carbocycles. The summed E-state index contributed by atoms with van der Waals surface area (Å²) in [6.07, 6.45) is 5.05. The van der Waals surface area contributed by atoms with Crippen LogP contribution < -0.4 is 4.74 Å². The highest BCUT2D eigenvalue weighted by Gasteiger charge is 2.26. The van der Waals surface area contributed by atoms with Crippen molar-refractivity contribution in [3.8, 4) is 5.75 Å². The van der Waals surface area contributed by atoms with Crippen molar-refractivity contribution < 1.29 is 14.3 Å². The van der Waals surface area contributed by atoms with Gasteiger partial charge in [0.25, 0.3) is 0 Å². The number of amides is 1. The number of piperidine rings is 1. The first-order valence-electron chi connectivity index (χ1n) is 12.8. The van der Waals surface area contributed by atoms with Gasteiger partial charge in [-0.25, -0.2) is 4.79 Å². The van der Waals surface area contributed by atoms with E-state index < -0.39 is 5.60 Å². The first-order valence-corrected chi connectivity index (χ1v) is 12.8. The average molecular weight is 465 g/mol. The molecule has 1 saturated heterocycles. The highest BCUT2D eigenvalue weighted by Crippen LogP contribution is 2.25. The molecule has 0 spiro atoms. The van der Waals surface area contributed by atoms with Gasteiger partial charge in [-0.1, -0.05) is 36.4 Å². The van der Waals surface area contributed by atoms with Crippen LogP contribution in [0.15, 0.2) is 48.5 Å². The van der Waals surface area contributed by atoms with Gasteiger partial charge in [0, 0.05) is 32.7 Å². The highest BCUT2D eigenvalue weighted by molar-refractivity contribution is 5.68. The first kappa shape index (κ1) is 24.6. The van der Waals surface area contributed by atoms with Crippen molar-refractivity contribution in [2.75, 3.05) is 32.8 Å². The molecule has 2 aliphatic heterocycles. The fourth-order valence-corrected chi connectivity index (χ4v) is 4.91. The number of nitrogens with zero attached hydrogens (tertiary/aromatic N) is 2. The monoisotopic (exact) mass is 464 g/mol. The van der Waals surface area contributed by atoms with E-state index in [4.69, 9.17) is 9.47 Å². The van der Waals surface area contributed by atoms with Crippen molar-refractivity contribution in [3.63, 3.8) is 0 Å². The summed E-state index contributed by atoms with van der Waals surface area (Å²) < 4.78 is 11.7. The second-order valence-electron chi connectivity index (χ2n) is 10.7. The summed E-state index contributed by atoms with van der Waals surface area (Å²) in [5.74, 6) is 1.59. The molecule has 2 aliphatic rings. The zero-order chi connectivity index (χ0) is 24.0. The third kappa shape index (κ3) is 7.23. The molecule has 0 unspecified atom stereocenters. The third-order valence-corrected chi connectivity index (χ3v) is 6.88. The molecule has 2 aromatic carbocycles. The predicted molar refractivity (Wildman–Crippen MR) is 136 cm³/mol. The Kier molecular flexibility index (Phi) is 8.15. The summed E-state index contributed by atoms with van der Waals surface area (Å²) >= 11 is 0. The topological polar surface area (TPSA) is 42.0 Å². The van der Waals surface area contributed by atoms with Crippen molar-refractivity contribution in [1.29, 1.82) is 0 Å². The molecule has 184 valence electrons. The van der Waals surface area contributed by atoms with E-state index in [1.54, 1.807) is 0 Å². The standard InChI is InChI=1S/C29H40N2O3/c1-29(2,3)34-28(32)31-18-11-23(12-19-31)15-20-33-27-10-9-25-13-16-30(17-14-26(25)21-27)22-24-7-5-4-6-8-24/h4-10,21,23H,11-20,22H2,1-3H3. The minimum Gasteiger partial charge on any atom is -0.494 e. The van der Waals surface area contributed by atoms with Crippen LogP contribution in [-0.4, -0.2) is 54.3 Å². The second-order valence-corrected chi connectivity index (χ2v) is 10.7. The van der Waals surface area contributed by atoms with Gasteiger partial charge in [-0.15, -0.1) is 0 Å². The lowest BCUT2D eigenvalue weighted by atomic mass is 9.94. The SMILES string of the molecule is CC(C)(C)OC(=O)N1CCC(CCOc2ccc3c(c2)CCN(Cc2ccccc2)CC3)CC1. The van der Waals surface area contributed by atoms with E-state index in [-0.39, 0.29) is 6.09 Å². The number of rotatable bonds is 6. The van der Waals surface area contributed by atoms with Gasteiger partial charge in [-0.3, -0.25) is 4.90 Å². The summed E-state index contributed by atoms with van der Waals surface area (Å²) in [5, 5.41) is 0. The average Bonchev–Trinajstić information content (AvgIpc) is 3.01. The Hall–Kier alpha value is -2.53. The number of benzene rings is 2. The molecular weight excluding hydrogens is 424 g/mol. The minimum absolute atomic E-state index is 0.186. The molecule has 0 radical (unpaired) electrons. The number of carbonyl (C=O) groups excluding carboxylic acids is 1. The number of carbonyl (C=O) groups is 1. The molecule has 0 bridgehead atoms. The molecule has 1 amide bonds. The van der Waals surface area contributed by atoms with Crippen molar-refractivity contribution in [2.24, 2.45) is 5.92 Å². The molecule has 1 fully saturated rings. The lowest BCUT2D eigenvalue weighted by Crippen LogP contribution is -2.41. The smallest absolute Gasteiger partial charge is 0.410 e. The van der Waals surface area contributed by atoms with Crippen molar-refractivity contribution in [2.45, 2.75) is 65.0 Å². The summed E-state index contributed by atoms with van der Waals surface area (Å²) in [6, 6.07) is 17.4. The van der Waals surface area contributed by atoms with Gasteiger partial charge < -0.3 is 14.4 Å². The molecule has 5 heteroatoms. The van der Waals surface area contributed by atoms with Crippen molar-refractivity contribution in [1.82, 2.24) is 9.80 Å². The van der Waals surface area contributed by atoms with Crippen LogP contribution in [0.4, 0.5) is 4.79 Å². The number of ether oxygens (including phenoxy) is 2. The lowest BCUT2D eigenvalue weighted by molar-refractivity contribution is 0.0177. The molecule has 34 heavy (non-hydrogen) atoms. The normalized spacial score (nSPS) is 17.7. The van der Waals surface area contributed by atoms with Gasteiger partial charge in [0.05, 0.1) is 6.61 Å². The number of hydrogen-bond donors (Lipinski definition) is 0. The van der Waals surface area contributed by atoms with Crippen molar-refractivity contribution in [3.05, 3.63) is 65.2 Å². The Labute approximate surface area is 205 Å². The van der Waals surface area contributed by atoms with Crippen LogP contribution in [0.1, 0.15) is 56.7 Å². The van der Waals surface area contributed by atoms with E-state index in [1.165, 1.54) is 16.7 Å². The van der Waals surface area contributed by atoms with E-state index in [9.17, 15) is 4.79 Å². The summed E-state index contributed by atoms with van der Waals surface area (Å²) in [7, 11) is 0. The molecule has 0 N–H and O–H groups in total. The van der Waals surface area contributed by atoms with E-state index in [1.807, 2.05) is 25.7 Å². The maximum absolute atomic E-state index is 12.2. The van der Waals surface area contributed by atoms with E-state index in [2.05, 4.69) is 53.4 Å². The maximum atomic E-state index is 12.2. The molecule has 0 aromatic heterocycles. The summed E-state index contributed by atoms with van der Waals surface area (Å²) in [4.78, 5) is 16.6. The van der Waals surface area contributed by atoms with Gasteiger partial charge in [0.15, 0.2) is 0 Å². The van der Waals surface area contributed by atoms with Crippen LogP contribution in [-0.2, 0) is 24.1 Å². The zero-order valence-corrected chi connectivity index (χ0v) is 21.1. The molecule has 0 atom stereocenters. The Morgan fingerprint density at radius 1 is 0.941 bits per heavy atom. The largest absolute Gasteiger partial charge is 0.494 e. The maximum Gasteiger partial charge on any atom is 0.410 e. The van der Waals surface area contributed by atoms with Gasteiger partial charge in [-0.2, -0.15) is 0 Å². The van der Waals surface area contributed by atoms with Crippen LogP contribution in [0.2, 0.25) is 0 Å². The van der Waals surface area contributed by atoms with E-state index >= 15 is 0 Å². The molecule has 4 rings (SSSR count). The number of likely N-dealkylation sites (tertiary alicyclic amines) is 1. The molecule has 5 nitrogen and oxygen atoms in total. The Bertz CT molecular complexity index is 930. The van der Waals surface area contributed by atoms with Crippen LogP contribution in [0.25, 0.3) is 0 Å².